The Bertz CT molecular complexity index is 951. The zero-order valence-electron chi connectivity index (χ0n) is 14.3. The molecule has 27 heavy (non-hydrogen) atoms. The van der Waals surface area contributed by atoms with Gasteiger partial charge in [0.1, 0.15) is 5.75 Å². The number of aryl methyl sites for hydroxylation is 1. The average Bonchev–Trinajstić information content (AvgIpc) is 3.34. The summed E-state index contributed by atoms with van der Waals surface area (Å²) >= 11 is 0. The number of benzene rings is 2. The van der Waals surface area contributed by atoms with Gasteiger partial charge in [0, 0.05) is 12.0 Å². The minimum Gasteiger partial charge on any atom is -0.484 e. The van der Waals surface area contributed by atoms with E-state index in [1.54, 1.807) is 24.3 Å². The molecule has 8 nitrogen and oxygen atoms in total. The number of carboxylic acid groups (broad SMARTS) is 1. The Morgan fingerprint density at radius 2 is 1.93 bits per heavy atom. The second-order valence-electron chi connectivity index (χ2n) is 5.91. The summed E-state index contributed by atoms with van der Waals surface area (Å²) in [5.41, 5.74) is 1.70. The highest BCUT2D eigenvalue weighted by Gasteiger charge is 2.16. The Morgan fingerprint density at radius 3 is 2.74 bits per heavy atom. The van der Waals surface area contributed by atoms with Gasteiger partial charge in [-0.1, -0.05) is 17.3 Å². The topological polar surface area (TPSA) is 104 Å². The van der Waals surface area contributed by atoms with Gasteiger partial charge in [0.05, 0.1) is 0 Å². The number of hydrogen-bond acceptors (Lipinski definition) is 7. The number of hydrogen-bond donors (Lipinski definition) is 1. The molecule has 0 saturated heterocycles. The number of fused-ring (bicyclic) bond motifs is 1. The number of carbonyl (C=O) groups is 1. The number of nitrogens with zero attached hydrogens (tertiary/aromatic N) is 2. The predicted molar refractivity (Wildman–Crippen MR) is 92.6 cm³/mol. The predicted octanol–water partition coefficient (Wildman–Crippen LogP) is 3.06. The second-order valence-corrected chi connectivity index (χ2v) is 5.91. The Kier molecular flexibility index (Phi) is 4.61. The lowest BCUT2D eigenvalue weighted by atomic mass is 10.1. The molecule has 1 aliphatic heterocycles. The molecule has 2 heterocycles. The van der Waals surface area contributed by atoms with Crippen LogP contribution in [0.15, 0.2) is 47.0 Å². The van der Waals surface area contributed by atoms with Crippen molar-refractivity contribution < 1.29 is 28.6 Å². The zero-order chi connectivity index (χ0) is 18.6. The lowest BCUT2D eigenvalue weighted by molar-refractivity contribution is -0.136. The van der Waals surface area contributed by atoms with Gasteiger partial charge in [0.25, 0.3) is 5.89 Å². The van der Waals surface area contributed by atoms with Gasteiger partial charge < -0.3 is 23.8 Å². The third kappa shape index (κ3) is 4.00. The molecule has 3 aromatic rings. The van der Waals surface area contributed by atoms with E-state index in [1.165, 1.54) is 0 Å². The molecule has 138 valence electrons. The van der Waals surface area contributed by atoms with Gasteiger partial charge in [0.2, 0.25) is 12.6 Å². The van der Waals surface area contributed by atoms with Gasteiger partial charge in [-0.2, -0.15) is 4.98 Å². The van der Waals surface area contributed by atoms with Crippen LogP contribution in [0.5, 0.6) is 17.2 Å². The van der Waals surface area contributed by atoms with Gasteiger partial charge in [-0.15, -0.1) is 0 Å². The molecular weight excluding hydrogens is 352 g/mol. The summed E-state index contributed by atoms with van der Waals surface area (Å²) in [4.78, 5) is 14.9. The fourth-order valence-electron chi connectivity index (χ4n) is 2.62. The summed E-state index contributed by atoms with van der Waals surface area (Å²) < 4.78 is 21.5. The number of rotatable bonds is 7. The average molecular weight is 368 g/mol. The van der Waals surface area contributed by atoms with Crippen LogP contribution < -0.4 is 14.2 Å². The maximum atomic E-state index is 10.6. The zero-order valence-corrected chi connectivity index (χ0v) is 14.3. The minimum absolute atomic E-state index is 0.102. The summed E-state index contributed by atoms with van der Waals surface area (Å²) in [6, 6.07) is 12.7. The first-order valence-corrected chi connectivity index (χ1v) is 8.33. The van der Waals surface area contributed by atoms with Crippen LogP contribution in [0, 0.1) is 0 Å². The molecule has 0 spiro atoms. The van der Waals surface area contributed by atoms with Crippen molar-refractivity contribution in [1.29, 1.82) is 0 Å². The van der Waals surface area contributed by atoms with Crippen LogP contribution in [0.3, 0.4) is 0 Å². The Morgan fingerprint density at radius 1 is 1.11 bits per heavy atom. The van der Waals surface area contributed by atoms with E-state index in [2.05, 4.69) is 10.1 Å². The molecule has 1 N–H and O–H groups in total. The Balaban J connectivity index is 1.36. The number of carboxylic acids is 1. The van der Waals surface area contributed by atoms with Crippen LogP contribution >= 0.6 is 0 Å². The third-order valence-electron chi connectivity index (χ3n) is 4.01. The third-order valence-corrected chi connectivity index (χ3v) is 4.01. The fraction of sp³-hybridized carbons (Fsp3) is 0.211. The highest BCUT2D eigenvalue weighted by atomic mass is 16.7. The number of ether oxygens (including phenoxy) is 3. The molecule has 0 amide bonds. The van der Waals surface area contributed by atoms with E-state index in [0.717, 1.165) is 11.1 Å². The lowest BCUT2D eigenvalue weighted by Crippen LogP contribution is -1.98. The summed E-state index contributed by atoms with van der Waals surface area (Å²) in [7, 11) is 0. The molecule has 0 bridgehead atoms. The molecule has 1 aliphatic rings. The maximum Gasteiger partial charge on any atom is 0.303 e. The first-order chi connectivity index (χ1) is 13.2. The van der Waals surface area contributed by atoms with Crippen LogP contribution in [0.25, 0.3) is 11.4 Å². The lowest BCUT2D eigenvalue weighted by Gasteiger charge is -2.04. The Labute approximate surface area is 154 Å². The second kappa shape index (κ2) is 7.36. The van der Waals surface area contributed by atoms with Crippen LogP contribution in [0.2, 0.25) is 0 Å². The number of aliphatic carboxylic acids is 1. The SMILES string of the molecule is O=C(O)CCc1ccc(OCc2nc(-c3ccc4c(c3)OCO4)no2)cc1. The molecule has 1 aromatic heterocycles. The smallest absolute Gasteiger partial charge is 0.303 e. The normalized spacial score (nSPS) is 12.1. The van der Waals surface area contributed by atoms with Crippen LogP contribution in [-0.4, -0.2) is 28.0 Å². The van der Waals surface area contributed by atoms with E-state index in [-0.39, 0.29) is 19.8 Å². The van der Waals surface area contributed by atoms with E-state index in [0.29, 0.717) is 35.4 Å². The molecule has 0 atom stereocenters. The fourth-order valence-corrected chi connectivity index (χ4v) is 2.62. The van der Waals surface area contributed by atoms with E-state index >= 15 is 0 Å². The summed E-state index contributed by atoms with van der Waals surface area (Å²) in [6.45, 7) is 0.339. The van der Waals surface area contributed by atoms with Crippen molar-refractivity contribution in [1.82, 2.24) is 10.1 Å². The largest absolute Gasteiger partial charge is 0.484 e. The minimum atomic E-state index is -0.815. The summed E-state index contributed by atoms with van der Waals surface area (Å²) in [6.07, 6.45) is 0.586. The van der Waals surface area contributed by atoms with Gasteiger partial charge in [-0.3, -0.25) is 4.79 Å². The number of aromatic nitrogens is 2. The molecule has 0 radical (unpaired) electrons. The van der Waals surface area contributed by atoms with Crippen molar-refractivity contribution in [2.24, 2.45) is 0 Å². The van der Waals surface area contributed by atoms with Crippen molar-refractivity contribution in [3.8, 4) is 28.6 Å². The van der Waals surface area contributed by atoms with E-state index < -0.39 is 5.97 Å². The van der Waals surface area contributed by atoms with E-state index in [1.807, 2.05) is 18.2 Å². The molecular formula is C19H16N2O6. The van der Waals surface area contributed by atoms with Crippen molar-refractivity contribution in [2.75, 3.05) is 6.79 Å². The molecule has 2 aromatic carbocycles. The van der Waals surface area contributed by atoms with Crippen LogP contribution in [0.1, 0.15) is 17.9 Å². The van der Waals surface area contributed by atoms with Crippen LogP contribution in [-0.2, 0) is 17.8 Å². The molecule has 0 fully saturated rings. The van der Waals surface area contributed by atoms with E-state index in [4.69, 9.17) is 23.8 Å². The van der Waals surface area contributed by atoms with Crippen molar-refractivity contribution in [2.45, 2.75) is 19.4 Å². The van der Waals surface area contributed by atoms with Crippen molar-refractivity contribution >= 4 is 5.97 Å². The van der Waals surface area contributed by atoms with Crippen molar-refractivity contribution in [3.63, 3.8) is 0 Å². The summed E-state index contributed by atoms with van der Waals surface area (Å²) in [5, 5.41) is 12.7. The van der Waals surface area contributed by atoms with Gasteiger partial charge in [-0.05, 0) is 42.3 Å². The van der Waals surface area contributed by atoms with Gasteiger partial charge in [0.15, 0.2) is 18.1 Å². The monoisotopic (exact) mass is 368 g/mol. The summed E-state index contributed by atoms with van der Waals surface area (Å²) in [5.74, 6) is 1.95. The quantitative estimate of drug-likeness (QED) is 0.678. The van der Waals surface area contributed by atoms with Crippen molar-refractivity contribution in [3.05, 3.63) is 53.9 Å². The molecule has 0 unspecified atom stereocenters. The van der Waals surface area contributed by atoms with Crippen LogP contribution in [0.4, 0.5) is 0 Å². The maximum absolute atomic E-state index is 10.6. The highest BCUT2D eigenvalue weighted by molar-refractivity contribution is 5.67. The highest BCUT2D eigenvalue weighted by Crippen LogP contribution is 2.35. The Hall–Kier alpha value is -3.55. The molecule has 8 heteroatoms. The van der Waals surface area contributed by atoms with E-state index in [9.17, 15) is 4.79 Å². The van der Waals surface area contributed by atoms with Gasteiger partial charge in [-0.25, -0.2) is 0 Å². The first-order valence-electron chi connectivity index (χ1n) is 8.33. The molecule has 4 rings (SSSR count). The molecule has 0 saturated carbocycles. The molecule has 0 aliphatic carbocycles. The van der Waals surface area contributed by atoms with Gasteiger partial charge >= 0.3 is 5.97 Å². The first kappa shape index (κ1) is 16.9. The standard InChI is InChI=1S/C19H16N2O6/c22-18(23)8-3-12-1-5-14(6-2-12)24-10-17-20-19(21-27-17)13-4-7-15-16(9-13)26-11-25-15/h1-2,4-7,9H,3,8,10-11H2,(H,22,23).